The first-order valence-corrected chi connectivity index (χ1v) is 8.28. The van der Waals surface area contributed by atoms with Crippen molar-refractivity contribution in [2.24, 2.45) is 0 Å². The molecule has 6 nitrogen and oxygen atoms in total. The topological polar surface area (TPSA) is 69.7 Å². The number of piperazine rings is 1. The number of halogens is 3. The van der Waals surface area contributed by atoms with Gasteiger partial charge >= 0.3 is 12.1 Å². The molecule has 1 aliphatic rings. The van der Waals surface area contributed by atoms with Gasteiger partial charge in [-0.05, 0) is 31.3 Å². The predicted molar refractivity (Wildman–Crippen MR) is 77.5 cm³/mol. The molecule has 0 radical (unpaired) electrons. The molecule has 0 atom stereocenters. The summed E-state index contributed by atoms with van der Waals surface area (Å²) in [7, 11) is -2.22. The maximum absolute atomic E-state index is 12.4. The van der Waals surface area contributed by atoms with Crippen LogP contribution >= 0.6 is 0 Å². The van der Waals surface area contributed by atoms with Crippen LogP contribution in [0.4, 0.5) is 18.9 Å². The summed E-state index contributed by atoms with van der Waals surface area (Å²) in [6.07, 6.45) is -4.86. The molecule has 1 saturated heterocycles. The van der Waals surface area contributed by atoms with Crippen molar-refractivity contribution in [2.45, 2.75) is 11.1 Å². The maximum atomic E-state index is 12.4. The van der Waals surface area contributed by atoms with Crippen molar-refractivity contribution < 1.29 is 26.4 Å². The molecule has 0 bridgehead atoms. The average molecular weight is 351 g/mol. The molecule has 1 amide bonds. The zero-order valence-electron chi connectivity index (χ0n) is 12.3. The first-order valence-electron chi connectivity index (χ1n) is 6.80. The summed E-state index contributed by atoms with van der Waals surface area (Å²) in [6, 6.07) is 6.03. The third-order valence-electron chi connectivity index (χ3n) is 3.59. The Balaban J connectivity index is 2.02. The lowest BCUT2D eigenvalue weighted by atomic mass is 10.2. The minimum Gasteiger partial charge on any atom is -0.368 e. The number of amides is 1. The molecule has 1 aromatic carbocycles. The lowest BCUT2D eigenvalue weighted by Gasteiger charge is -2.36. The first-order chi connectivity index (χ1) is 10.6. The zero-order chi connectivity index (χ0) is 17.3. The number of nitrogens with zero attached hydrogens (tertiary/aromatic N) is 2. The highest BCUT2D eigenvalue weighted by molar-refractivity contribution is 7.89. The Bertz CT molecular complexity index is 666. The lowest BCUT2D eigenvalue weighted by Crippen LogP contribution is -2.52. The lowest BCUT2D eigenvalue weighted by molar-refractivity contribution is -0.185. The molecule has 1 aromatic rings. The maximum Gasteiger partial charge on any atom is 0.471 e. The third-order valence-corrected chi connectivity index (χ3v) is 5.02. The number of anilines is 1. The van der Waals surface area contributed by atoms with E-state index in [1.807, 2.05) is 0 Å². The highest BCUT2D eigenvalue weighted by atomic mass is 32.2. The third kappa shape index (κ3) is 3.94. The summed E-state index contributed by atoms with van der Waals surface area (Å²) in [4.78, 5) is 13.8. The van der Waals surface area contributed by atoms with Crippen LogP contribution in [-0.4, -0.2) is 58.6 Å². The predicted octanol–water partition coefficient (Wildman–Crippen LogP) is 0.806. The molecule has 0 unspecified atom stereocenters. The molecule has 128 valence electrons. The van der Waals surface area contributed by atoms with E-state index < -0.39 is 22.1 Å². The van der Waals surface area contributed by atoms with Crippen molar-refractivity contribution >= 4 is 21.6 Å². The van der Waals surface area contributed by atoms with Gasteiger partial charge < -0.3 is 9.80 Å². The van der Waals surface area contributed by atoms with Gasteiger partial charge in [0.2, 0.25) is 10.0 Å². The van der Waals surface area contributed by atoms with Crippen LogP contribution in [0.1, 0.15) is 0 Å². The van der Waals surface area contributed by atoms with Crippen LogP contribution < -0.4 is 9.62 Å². The van der Waals surface area contributed by atoms with Crippen LogP contribution in [0.3, 0.4) is 0 Å². The van der Waals surface area contributed by atoms with Gasteiger partial charge in [-0.1, -0.05) is 0 Å². The van der Waals surface area contributed by atoms with Crippen molar-refractivity contribution in [3.63, 3.8) is 0 Å². The van der Waals surface area contributed by atoms with Crippen molar-refractivity contribution in [3.05, 3.63) is 24.3 Å². The van der Waals surface area contributed by atoms with Gasteiger partial charge in [0.05, 0.1) is 4.90 Å². The van der Waals surface area contributed by atoms with Crippen LogP contribution in [-0.2, 0) is 14.8 Å². The second-order valence-electron chi connectivity index (χ2n) is 4.98. The molecule has 10 heteroatoms. The Labute approximate surface area is 131 Å². The number of sulfonamides is 1. The van der Waals surface area contributed by atoms with Gasteiger partial charge in [-0.2, -0.15) is 13.2 Å². The van der Waals surface area contributed by atoms with E-state index in [0.29, 0.717) is 5.69 Å². The molecule has 0 aromatic heterocycles. The molecule has 0 aliphatic carbocycles. The number of rotatable bonds is 3. The number of hydrogen-bond donors (Lipinski definition) is 1. The number of benzene rings is 1. The number of nitrogens with one attached hydrogen (secondary N) is 1. The molecule has 1 aliphatic heterocycles. The van der Waals surface area contributed by atoms with E-state index in [1.54, 1.807) is 17.0 Å². The van der Waals surface area contributed by atoms with Crippen molar-refractivity contribution in [1.82, 2.24) is 9.62 Å². The Hall–Kier alpha value is -1.81. The second kappa shape index (κ2) is 6.36. The Morgan fingerprint density at radius 1 is 1.09 bits per heavy atom. The van der Waals surface area contributed by atoms with E-state index in [1.165, 1.54) is 19.2 Å². The summed E-state index contributed by atoms with van der Waals surface area (Å²) in [5.41, 5.74) is 0.694. The van der Waals surface area contributed by atoms with Crippen LogP contribution in [0.5, 0.6) is 0 Å². The smallest absolute Gasteiger partial charge is 0.368 e. The fourth-order valence-corrected chi connectivity index (χ4v) is 3.03. The average Bonchev–Trinajstić information content (AvgIpc) is 2.53. The number of alkyl halides is 3. The molecule has 0 saturated carbocycles. The highest BCUT2D eigenvalue weighted by Gasteiger charge is 2.43. The summed E-state index contributed by atoms with van der Waals surface area (Å²) in [6.45, 7) is 0.434. The molecular formula is C13H16F3N3O3S. The normalized spacial score (nSPS) is 16.5. The standard InChI is InChI=1S/C13H16F3N3O3S/c1-17-23(21,22)11-4-2-10(3-5-11)18-6-8-19(9-7-18)12(20)13(14,15)16/h2-5,17H,6-9H2,1H3. The largest absolute Gasteiger partial charge is 0.471 e. The monoisotopic (exact) mass is 351 g/mol. The SMILES string of the molecule is CNS(=O)(=O)c1ccc(N2CCN(C(=O)C(F)(F)F)CC2)cc1. The van der Waals surface area contributed by atoms with Gasteiger partial charge in [-0.3, -0.25) is 4.79 Å². The van der Waals surface area contributed by atoms with Gasteiger partial charge in [0.1, 0.15) is 0 Å². The number of carbonyl (C=O) groups excluding carboxylic acids is 1. The molecule has 1 fully saturated rings. The first kappa shape index (κ1) is 17.5. The fraction of sp³-hybridized carbons (Fsp3) is 0.462. The van der Waals surface area contributed by atoms with Crippen molar-refractivity contribution in [1.29, 1.82) is 0 Å². The summed E-state index contributed by atoms with van der Waals surface area (Å²) < 4.78 is 62.6. The van der Waals surface area contributed by atoms with Crippen LogP contribution in [0.25, 0.3) is 0 Å². The zero-order valence-corrected chi connectivity index (χ0v) is 13.1. The van der Waals surface area contributed by atoms with E-state index in [-0.39, 0.29) is 31.1 Å². The molecular weight excluding hydrogens is 335 g/mol. The quantitative estimate of drug-likeness (QED) is 0.875. The van der Waals surface area contributed by atoms with Gasteiger partial charge in [0.25, 0.3) is 0 Å². The van der Waals surface area contributed by atoms with Gasteiger partial charge in [-0.15, -0.1) is 0 Å². The van der Waals surface area contributed by atoms with E-state index in [0.717, 1.165) is 4.90 Å². The Morgan fingerprint density at radius 2 is 1.61 bits per heavy atom. The Kier molecular flexibility index (Phi) is 4.85. The fourth-order valence-electron chi connectivity index (χ4n) is 2.30. The summed E-state index contributed by atoms with van der Waals surface area (Å²) in [5.74, 6) is -1.83. The van der Waals surface area contributed by atoms with Gasteiger partial charge in [0.15, 0.2) is 0 Å². The Morgan fingerprint density at radius 3 is 2.04 bits per heavy atom. The summed E-state index contributed by atoms with van der Waals surface area (Å²) in [5, 5.41) is 0. The molecule has 0 spiro atoms. The van der Waals surface area contributed by atoms with Crippen molar-refractivity contribution in [3.8, 4) is 0 Å². The second-order valence-corrected chi connectivity index (χ2v) is 6.86. The van der Waals surface area contributed by atoms with E-state index in [9.17, 15) is 26.4 Å². The van der Waals surface area contributed by atoms with Crippen LogP contribution in [0.15, 0.2) is 29.2 Å². The minimum absolute atomic E-state index is 0.0328. The molecule has 1 heterocycles. The van der Waals surface area contributed by atoms with E-state index in [2.05, 4.69) is 4.72 Å². The van der Waals surface area contributed by atoms with Gasteiger partial charge in [0, 0.05) is 31.9 Å². The summed E-state index contributed by atoms with van der Waals surface area (Å²) >= 11 is 0. The number of carbonyl (C=O) groups is 1. The number of hydrogen-bond acceptors (Lipinski definition) is 4. The van der Waals surface area contributed by atoms with Crippen LogP contribution in [0, 0.1) is 0 Å². The van der Waals surface area contributed by atoms with Gasteiger partial charge in [-0.25, -0.2) is 13.1 Å². The molecule has 2 rings (SSSR count). The minimum atomic E-state index is -4.86. The highest BCUT2D eigenvalue weighted by Crippen LogP contribution is 2.22. The van der Waals surface area contributed by atoms with Crippen molar-refractivity contribution in [2.75, 3.05) is 38.1 Å². The van der Waals surface area contributed by atoms with E-state index in [4.69, 9.17) is 0 Å². The van der Waals surface area contributed by atoms with Crippen LogP contribution in [0.2, 0.25) is 0 Å². The van der Waals surface area contributed by atoms with E-state index >= 15 is 0 Å². The molecule has 23 heavy (non-hydrogen) atoms. The molecule has 1 N–H and O–H groups in total.